The number of anilines is 1. The zero-order chi connectivity index (χ0) is 15.7. The van der Waals surface area contributed by atoms with E-state index in [9.17, 15) is 4.79 Å². The maximum atomic E-state index is 12.3. The number of carbonyl (C=O) groups excluding carboxylic acids is 1. The molecule has 0 saturated heterocycles. The molecule has 0 aliphatic heterocycles. The summed E-state index contributed by atoms with van der Waals surface area (Å²) >= 11 is 1.38. The molecule has 2 heterocycles. The van der Waals surface area contributed by atoms with E-state index < -0.39 is 0 Å². The Morgan fingerprint density at radius 1 is 1.32 bits per heavy atom. The van der Waals surface area contributed by atoms with Crippen molar-refractivity contribution in [2.24, 2.45) is 7.05 Å². The molecule has 1 N–H and O–H groups in total. The number of hydrogen-bond acceptors (Lipinski definition) is 6. The molecular formula is C14H14N4O3S. The summed E-state index contributed by atoms with van der Waals surface area (Å²) in [7, 11) is 4.81. The molecule has 0 aliphatic rings. The molecule has 114 valence electrons. The molecule has 22 heavy (non-hydrogen) atoms. The van der Waals surface area contributed by atoms with Gasteiger partial charge in [0.2, 0.25) is 5.88 Å². The third kappa shape index (κ3) is 2.60. The number of nitrogens with one attached hydrogen (secondary N) is 1. The van der Waals surface area contributed by atoms with Crippen LogP contribution in [0.5, 0.6) is 11.6 Å². The van der Waals surface area contributed by atoms with E-state index in [0.717, 1.165) is 16.0 Å². The van der Waals surface area contributed by atoms with Crippen LogP contribution in [-0.2, 0) is 7.05 Å². The fraction of sp³-hybridized carbons (Fsp3) is 0.214. The number of carbonyl (C=O) groups is 1. The van der Waals surface area contributed by atoms with Crippen LogP contribution in [0.1, 0.15) is 10.4 Å². The molecule has 0 saturated carbocycles. The molecule has 3 rings (SSSR count). The topological polar surface area (TPSA) is 78.3 Å². The Kier molecular flexibility index (Phi) is 3.68. The summed E-state index contributed by atoms with van der Waals surface area (Å²) in [5.41, 5.74) is 1.17. The molecule has 0 radical (unpaired) electrons. The van der Waals surface area contributed by atoms with Gasteiger partial charge >= 0.3 is 0 Å². The highest BCUT2D eigenvalue weighted by atomic mass is 32.1. The zero-order valence-electron chi connectivity index (χ0n) is 12.3. The Labute approximate surface area is 130 Å². The maximum Gasteiger partial charge on any atom is 0.264 e. The van der Waals surface area contributed by atoms with E-state index in [1.165, 1.54) is 23.1 Å². The van der Waals surface area contributed by atoms with Gasteiger partial charge in [-0.15, -0.1) is 5.10 Å². The van der Waals surface area contributed by atoms with Crippen LogP contribution in [0.4, 0.5) is 5.13 Å². The summed E-state index contributed by atoms with van der Waals surface area (Å²) in [6, 6.07) is 5.57. The number of aromatic nitrogens is 3. The lowest BCUT2D eigenvalue weighted by Crippen LogP contribution is -2.12. The maximum absolute atomic E-state index is 12.3. The number of nitrogens with zero attached hydrogens (tertiary/aromatic N) is 3. The third-order valence-corrected chi connectivity index (χ3v) is 3.98. The van der Waals surface area contributed by atoms with Crippen molar-refractivity contribution >= 4 is 32.6 Å². The number of thiazole rings is 1. The fourth-order valence-corrected chi connectivity index (χ4v) is 2.91. The number of aryl methyl sites for hydroxylation is 1. The quantitative estimate of drug-likeness (QED) is 0.798. The number of ether oxygens (including phenoxy) is 2. The first kappa shape index (κ1) is 14.3. The van der Waals surface area contributed by atoms with Crippen LogP contribution in [0.15, 0.2) is 24.4 Å². The van der Waals surface area contributed by atoms with Gasteiger partial charge in [-0.2, -0.15) is 0 Å². The number of amides is 1. The van der Waals surface area contributed by atoms with Crippen molar-refractivity contribution in [1.82, 2.24) is 14.8 Å². The van der Waals surface area contributed by atoms with E-state index >= 15 is 0 Å². The molecule has 7 nitrogen and oxygen atoms in total. The summed E-state index contributed by atoms with van der Waals surface area (Å²) in [6.45, 7) is 0. The lowest BCUT2D eigenvalue weighted by Gasteiger charge is -2.00. The second-order valence-corrected chi connectivity index (χ2v) is 5.56. The van der Waals surface area contributed by atoms with Crippen molar-refractivity contribution < 1.29 is 14.3 Å². The Balaban J connectivity index is 1.87. The average molecular weight is 318 g/mol. The van der Waals surface area contributed by atoms with E-state index in [4.69, 9.17) is 9.47 Å². The van der Waals surface area contributed by atoms with Crippen LogP contribution < -0.4 is 14.8 Å². The molecular weight excluding hydrogens is 304 g/mol. The summed E-state index contributed by atoms with van der Waals surface area (Å²) in [6.07, 6.45) is 1.60. The van der Waals surface area contributed by atoms with Gasteiger partial charge in [0, 0.05) is 13.2 Å². The van der Waals surface area contributed by atoms with Crippen molar-refractivity contribution in [3.05, 3.63) is 30.0 Å². The standard InChI is InChI=1S/C14H14N4O3S/c1-18-7-9(13(17-18)21-3)12(19)16-14-15-10-5-4-8(20-2)6-11(10)22-14/h4-7H,1-3H3,(H,15,16,19). The number of benzene rings is 1. The van der Waals surface area contributed by atoms with Gasteiger partial charge in [0.25, 0.3) is 5.91 Å². The molecule has 8 heteroatoms. The predicted octanol–water partition coefficient (Wildman–Crippen LogP) is 2.30. The Hall–Kier alpha value is -2.61. The van der Waals surface area contributed by atoms with Crippen LogP contribution in [0.2, 0.25) is 0 Å². The van der Waals surface area contributed by atoms with Crippen LogP contribution in [0.3, 0.4) is 0 Å². The van der Waals surface area contributed by atoms with Crippen LogP contribution in [0.25, 0.3) is 10.2 Å². The van der Waals surface area contributed by atoms with Crippen molar-refractivity contribution in [2.45, 2.75) is 0 Å². The van der Waals surface area contributed by atoms with E-state index in [1.54, 1.807) is 20.4 Å². The lowest BCUT2D eigenvalue weighted by molar-refractivity contribution is 0.102. The number of rotatable bonds is 4. The molecule has 0 unspecified atom stereocenters. The average Bonchev–Trinajstić information content (AvgIpc) is 3.08. The second kappa shape index (κ2) is 5.64. The predicted molar refractivity (Wildman–Crippen MR) is 83.9 cm³/mol. The summed E-state index contributed by atoms with van der Waals surface area (Å²) in [5, 5.41) is 7.34. The SMILES string of the molecule is COc1ccc2nc(NC(=O)c3cn(C)nc3OC)sc2c1. The molecule has 0 spiro atoms. The lowest BCUT2D eigenvalue weighted by atomic mass is 10.3. The largest absolute Gasteiger partial charge is 0.497 e. The first-order chi connectivity index (χ1) is 10.6. The molecule has 0 fully saturated rings. The van der Waals surface area contributed by atoms with Crippen molar-refractivity contribution in [1.29, 1.82) is 0 Å². The van der Waals surface area contributed by atoms with Gasteiger partial charge in [0.15, 0.2) is 5.13 Å². The van der Waals surface area contributed by atoms with Gasteiger partial charge in [-0.05, 0) is 18.2 Å². The number of fused-ring (bicyclic) bond motifs is 1. The summed E-state index contributed by atoms with van der Waals surface area (Å²) in [5.74, 6) is 0.724. The van der Waals surface area contributed by atoms with E-state index in [1.807, 2.05) is 18.2 Å². The van der Waals surface area contributed by atoms with Gasteiger partial charge in [0.1, 0.15) is 11.3 Å². The minimum Gasteiger partial charge on any atom is -0.497 e. The molecule has 1 aromatic carbocycles. The second-order valence-electron chi connectivity index (χ2n) is 4.53. The first-order valence-electron chi connectivity index (χ1n) is 6.44. The third-order valence-electron chi connectivity index (χ3n) is 3.05. The molecule has 1 amide bonds. The highest BCUT2D eigenvalue weighted by molar-refractivity contribution is 7.22. The van der Waals surface area contributed by atoms with E-state index in [-0.39, 0.29) is 11.8 Å². The van der Waals surface area contributed by atoms with Gasteiger partial charge < -0.3 is 9.47 Å². The Morgan fingerprint density at radius 3 is 2.86 bits per heavy atom. The van der Waals surface area contributed by atoms with E-state index in [2.05, 4.69) is 15.4 Å². The van der Waals surface area contributed by atoms with Crippen molar-refractivity contribution in [3.8, 4) is 11.6 Å². The van der Waals surface area contributed by atoms with Crippen molar-refractivity contribution in [3.63, 3.8) is 0 Å². The minimum atomic E-state index is -0.309. The zero-order valence-corrected chi connectivity index (χ0v) is 13.1. The summed E-state index contributed by atoms with van der Waals surface area (Å²) < 4.78 is 12.7. The Bertz CT molecular complexity index is 840. The van der Waals surface area contributed by atoms with Crippen LogP contribution in [-0.4, -0.2) is 34.9 Å². The number of hydrogen-bond donors (Lipinski definition) is 1. The Morgan fingerprint density at radius 2 is 2.14 bits per heavy atom. The van der Waals surface area contributed by atoms with Gasteiger partial charge in [-0.25, -0.2) is 4.98 Å². The monoisotopic (exact) mass is 318 g/mol. The highest BCUT2D eigenvalue weighted by Gasteiger charge is 2.18. The molecule has 0 atom stereocenters. The van der Waals surface area contributed by atoms with Crippen LogP contribution >= 0.6 is 11.3 Å². The van der Waals surface area contributed by atoms with Crippen LogP contribution in [0, 0.1) is 0 Å². The molecule has 0 bridgehead atoms. The van der Waals surface area contributed by atoms with Gasteiger partial charge in [-0.1, -0.05) is 11.3 Å². The fourth-order valence-electron chi connectivity index (χ4n) is 2.02. The van der Waals surface area contributed by atoms with Gasteiger partial charge in [0.05, 0.1) is 24.4 Å². The first-order valence-corrected chi connectivity index (χ1v) is 7.26. The molecule has 0 aliphatic carbocycles. The molecule has 2 aromatic heterocycles. The van der Waals surface area contributed by atoms with Gasteiger partial charge in [-0.3, -0.25) is 14.8 Å². The number of methoxy groups -OCH3 is 2. The highest BCUT2D eigenvalue weighted by Crippen LogP contribution is 2.29. The smallest absolute Gasteiger partial charge is 0.264 e. The summed E-state index contributed by atoms with van der Waals surface area (Å²) in [4.78, 5) is 16.7. The molecule has 3 aromatic rings. The van der Waals surface area contributed by atoms with E-state index in [0.29, 0.717) is 10.7 Å². The minimum absolute atomic E-state index is 0.280. The normalized spacial score (nSPS) is 10.7. The van der Waals surface area contributed by atoms with Crippen molar-refractivity contribution in [2.75, 3.05) is 19.5 Å².